The van der Waals surface area contributed by atoms with E-state index in [-0.39, 0.29) is 69.8 Å². The number of alkyl halides is 1. The highest BCUT2D eigenvalue weighted by atomic mass is 32.5. The fourth-order valence-electron chi connectivity index (χ4n) is 9.50. The summed E-state index contributed by atoms with van der Waals surface area (Å²) < 4.78 is 107. The van der Waals surface area contributed by atoms with Crippen LogP contribution in [-0.2, 0) is 56.9 Å². The number of anilines is 1. The number of hydrogen-bond acceptors (Lipinski definition) is 18. The molecule has 5 aromatic rings. The van der Waals surface area contributed by atoms with Crippen LogP contribution in [0.25, 0.3) is 22.2 Å². The van der Waals surface area contributed by atoms with Crippen LogP contribution in [0, 0.1) is 17.1 Å². The van der Waals surface area contributed by atoms with Gasteiger partial charge in [0.25, 0.3) is 11.5 Å². The molecule has 10 atom stereocenters. The van der Waals surface area contributed by atoms with Crippen LogP contribution in [0.3, 0.4) is 0 Å². The maximum atomic E-state index is 16.8. The largest absolute Gasteiger partial charge is 0.695 e. The molecule has 29 heteroatoms. The lowest BCUT2D eigenvalue weighted by molar-refractivity contribution is -0.0584. The lowest BCUT2D eigenvalue weighted by Crippen LogP contribution is -2.65. The minimum atomic E-state index is -4.26. The number of nitriles is 1. The van der Waals surface area contributed by atoms with E-state index in [4.69, 9.17) is 52.3 Å². The van der Waals surface area contributed by atoms with Crippen LogP contribution in [0.5, 0.6) is 0 Å². The molecule has 3 N–H and O–H groups in total. The summed E-state index contributed by atoms with van der Waals surface area (Å²) in [7, 11) is -9.99. The number of halogens is 2. The molecule has 3 fully saturated rings. The van der Waals surface area contributed by atoms with E-state index in [9.17, 15) is 24.3 Å². The summed E-state index contributed by atoms with van der Waals surface area (Å²) in [5.74, 6) is -1.38. The number of H-pyrrole nitrogens is 1. The number of hydrogen-bond donors (Lipinski definition) is 3. The van der Waals surface area contributed by atoms with Crippen molar-refractivity contribution in [3.63, 3.8) is 0 Å². The second-order valence-corrected chi connectivity index (χ2v) is 31.2. The number of imidazole rings is 1. The number of rotatable bonds is 18. The number of nitrogens with zero attached hydrogens (tertiary/aromatic N) is 7. The molecule has 8 rings (SSSR count). The zero-order chi connectivity index (χ0) is 51.9. The molecule has 72 heavy (non-hydrogen) atoms. The minimum Gasteiger partial charge on any atom is -0.414 e. The number of aromatic amines is 1. The number of benzene rings is 1. The van der Waals surface area contributed by atoms with Gasteiger partial charge in [-0.1, -0.05) is 73.6 Å². The molecule has 1 amide bonds. The Morgan fingerprint density at radius 3 is 2.38 bits per heavy atom. The summed E-state index contributed by atoms with van der Waals surface area (Å²) >= 11 is 6.10. The maximum Gasteiger partial charge on any atom is 0.695 e. The molecule has 0 bridgehead atoms. The molecule has 2 unspecified atom stereocenters. The Bertz CT molecular complexity index is 2920. The van der Waals surface area contributed by atoms with Crippen LogP contribution in [0.1, 0.15) is 84.6 Å². The number of carbonyl (C=O) groups excluding carboxylic acids is 1. The summed E-state index contributed by atoms with van der Waals surface area (Å²) in [6, 6.07) is 10.3. The summed E-state index contributed by atoms with van der Waals surface area (Å²) in [6.07, 6.45) is -7.40. The lowest BCUT2D eigenvalue weighted by Gasteiger charge is -2.51. The fraction of sp³-hybridized carbons (Fsp3) is 0.558. The van der Waals surface area contributed by atoms with Gasteiger partial charge in [0, 0.05) is 16.3 Å². The van der Waals surface area contributed by atoms with Crippen LogP contribution in [0.2, 0.25) is 22.2 Å². The standard InChI is InChI=1S/C43H55F2N9O13P2SSi2/c1-23(2)71(24(3)4)61-19-30-35(66-72(67-71,25(5)6)26(7)8)36(43(63-30)53-17-28(44)31-38(53)48-21-50-41(31)56)65-69(70,59-16-12-15-46)60-18-29-34(64-68(57)58)32(45)42(62-29)54-22-51-33-37(47-20-49-39(33)54)52-40(55)27-13-10-9-11-14-27/h9-11,13-14,17,20-26,29-30,32,34-36,42-43H,12,16,18-19H2,1-8H3,(H2-,47,48,49,50,52,55,56,57,58)/p+1/t29-,30-,32-,34-,35-,36-,42-,43-,69?/m1/s1. The third-order valence-electron chi connectivity index (χ3n) is 13.0. The third-order valence-corrected chi connectivity index (χ3v) is 26.0. The fourth-order valence-corrected chi connectivity index (χ4v) is 23.2. The summed E-state index contributed by atoms with van der Waals surface area (Å²) in [6.45, 7) is 11.0. The summed E-state index contributed by atoms with van der Waals surface area (Å²) in [5, 5.41) is 11.9. The van der Waals surface area contributed by atoms with Gasteiger partial charge in [-0.05, 0) is 46.1 Å². The molecule has 3 aliphatic heterocycles. The number of aromatic nitrogens is 7. The van der Waals surface area contributed by atoms with Crippen LogP contribution >= 0.6 is 15.0 Å². The lowest BCUT2D eigenvalue weighted by atomic mass is 10.1. The van der Waals surface area contributed by atoms with E-state index in [0.717, 1.165) is 18.9 Å². The van der Waals surface area contributed by atoms with Gasteiger partial charge in [-0.2, -0.15) is 5.26 Å². The first-order chi connectivity index (χ1) is 34.2. The van der Waals surface area contributed by atoms with Crippen molar-refractivity contribution in [1.82, 2.24) is 34.1 Å². The van der Waals surface area contributed by atoms with Crippen LogP contribution in [0.15, 0.2) is 60.3 Å². The predicted molar refractivity (Wildman–Crippen MR) is 263 cm³/mol. The van der Waals surface area contributed by atoms with Crippen molar-refractivity contribution < 1.29 is 63.6 Å². The van der Waals surface area contributed by atoms with Crippen molar-refractivity contribution in [3.05, 3.63) is 77.2 Å². The van der Waals surface area contributed by atoms with Crippen molar-refractivity contribution in [3.8, 4) is 6.07 Å². The number of ether oxygens (including phenoxy) is 2. The smallest absolute Gasteiger partial charge is 0.414 e. The van der Waals surface area contributed by atoms with Gasteiger partial charge in [0.2, 0.25) is 0 Å². The topological polar surface area (TPSA) is 268 Å². The van der Waals surface area contributed by atoms with Crippen LogP contribution in [-0.4, -0.2) is 118 Å². The second kappa shape index (κ2) is 21.9. The normalized spacial score (nSPS) is 26.2. The van der Waals surface area contributed by atoms with E-state index in [1.165, 1.54) is 15.5 Å². The number of amides is 1. The van der Waals surface area contributed by atoms with Crippen molar-refractivity contribution >= 4 is 77.8 Å². The van der Waals surface area contributed by atoms with Crippen molar-refractivity contribution in [2.45, 2.75) is 133 Å². The molecule has 3 aliphatic rings. The molecule has 0 radical (unpaired) electrons. The van der Waals surface area contributed by atoms with Gasteiger partial charge in [0.1, 0.15) is 36.1 Å². The number of fused-ring (bicyclic) bond motifs is 3. The molecule has 0 spiro atoms. The van der Waals surface area contributed by atoms with Gasteiger partial charge in [-0.15, -0.1) is 9.42 Å². The predicted octanol–water partition coefficient (Wildman–Crippen LogP) is 7.64. The van der Waals surface area contributed by atoms with Gasteiger partial charge >= 0.3 is 32.1 Å². The van der Waals surface area contributed by atoms with Crippen LogP contribution < -0.4 is 10.9 Å². The summed E-state index contributed by atoms with van der Waals surface area (Å²) in [5.41, 5.74) is -0.780. The molecule has 7 heterocycles. The second-order valence-electron chi connectivity index (χ2n) is 18.7. The maximum absolute atomic E-state index is 16.8. The first-order valence-corrected chi connectivity index (χ1v) is 30.9. The quantitative estimate of drug-likeness (QED) is 0.0432. The molecule has 0 aliphatic carbocycles. The zero-order valence-corrected chi connectivity index (χ0v) is 45.1. The van der Waals surface area contributed by atoms with E-state index in [1.54, 1.807) is 30.3 Å². The Labute approximate surface area is 420 Å². The molecule has 388 valence electrons. The number of nitrogens with one attached hydrogen (secondary N) is 2. The van der Waals surface area contributed by atoms with E-state index >= 15 is 8.78 Å². The Hall–Kier alpha value is -4.21. The van der Waals surface area contributed by atoms with E-state index in [2.05, 4.69) is 57.9 Å². The highest BCUT2D eigenvalue weighted by Gasteiger charge is 2.63. The van der Waals surface area contributed by atoms with E-state index < -0.39 is 105 Å². The van der Waals surface area contributed by atoms with Crippen molar-refractivity contribution in [2.75, 3.05) is 25.1 Å². The van der Waals surface area contributed by atoms with Gasteiger partial charge in [-0.3, -0.25) is 18.7 Å². The Morgan fingerprint density at radius 1 is 1.00 bits per heavy atom. The molecular formula is C43H56F2N9O13P2SSi2+. The zero-order valence-electron chi connectivity index (χ0n) is 40.5. The highest BCUT2D eigenvalue weighted by Crippen LogP contribution is 2.57. The molecule has 0 saturated carbocycles. The Kier molecular flexibility index (Phi) is 16.5. The van der Waals surface area contributed by atoms with Gasteiger partial charge in [0.05, 0.1) is 45.0 Å². The Balaban J connectivity index is 1.15. The van der Waals surface area contributed by atoms with Gasteiger partial charge < -0.3 is 46.4 Å². The van der Waals surface area contributed by atoms with E-state index in [1.807, 2.05) is 33.8 Å². The molecule has 4 aromatic heterocycles. The Morgan fingerprint density at radius 2 is 1.71 bits per heavy atom. The molecule has 22 nitrogen and oxygen atoms in total. The van der Waals surface area contributed by atoms with Crippen molar-refractivity contribution in [2.24, 2.45) is 0 Å². The van der Waals surface area contributed by atoms with Gasteiger partial charge in [0.15, 0.2) is 53.2 Å². The minimum absolute atomic E-state index is 0.0171. The SMILES string of the molecule is CC(C)[Si]1(C(C)C)OC[C@H]2O[C@@H](n3cc(F)c4c(=O)[nH]cnc43)[C@H](OP(=S)(OCCC#N)OC[C@H]3O[C@@H](n4cnc5c(NC(=O)c6ccccc6)ncnc54)[C@H](F)[C@@H]3O[P+](=O)O)[C@@H]2O[Si](C(C)C)(C(C)C)O1. The summed E-state index contributed by atoms with van der Waals surface area (Å²) in [4.78, 5) is 55.5. The first-order valence-electron chi connectivity index (χ1n) is 23.3. The number of carbonyl (C=O) groups is 1. The molecule has 3 saturated heterocycles. The average Bonchev–Trinajstić information content (AvgIpc) is 4.08. The highest BCUT2D eigenvalue weighted by molar-refractivity contribution is 8.07. The third kappa shape index (κ3) is 10.4. The first kappa shape index (κ1) is 54.1. The van der Waals surface area contributed by atoms with Gasteiger partial charge in [-0.25, -0.2) is 28.7 Å². The van der Waals surface area contributed by atoms with Crippen LogP contribution in [0.4, 0.5) is 14.6 Å². The molecular weight excluding hydrogens is 1040 g/mol. The monoisotopic (exact) mass is 1090 g/mol. The molecule has 1 aromatic carbocycles. The average molecular weight is 1100 g/mol. The van der Waals surface area contributed by atoms with E-state index in [0.29, 0.717) is 5.56 Å². The van der Waals surface area contributed by atoms with Crippen molar-refractivity contribution in [1.29, 1.82) is 5.26 Å².